The second-order valence-corrected chi connectivity index (χ2v) is 6.16. The third-order valence-corrected chi connectivity index (χ3v) is 3.93. The Morgan fingerprint density at radius 1 is 0.964 bits per heavy atom. The third kappa shape index (κ3) is 5.18. The van der Waals surface area contributed by atoms with Crippen LogP contribution in [0, 0.1) is 0 Å². The minimum atomic E-state index is -0.980. The number of aromatic carboxylic acids is 1. The summed E-state index contributed by atoms with van der Waals surface area (Å²) in [6.45, 7) is 0. The van der Waals surface area contributed by atoms with Crippen LogP contribution < -0.4 is 10.2 Å². The minimum Gasteiger partial charge on any atom is -0.478 e. The van der Waals surface area contributed by atoms with Crippen molar-refractivity contribution in [2.45, 2.75) is 0 Å². The van der Waals surface area contributed by atoms with E-state index in [2.05, 4.69) is 10.5 Å². The lowest BCUT2D eigenvalue weighted by atomic mass is 10.2. The van der Waals surface area contributed by atoms with Crippen molar-refractivity contribution in [3.63, 3.8) is 0 Å². The molecular weight excluding hydrogens is 380 g/mol. The van der Waals surface area contributed by atoms with E-state index >= 15 is 0 Å². The molecule has 0 saturated carbocycles. The molecule has 0 saturated heterocycles. The Hall–Kier alpha value is -3.64. The molecule has 0 amide bonds. The minimum absolute atomic E-state index is 0.206. The maximum absolute atomic E-state index is 12.1. The highest BCUT2D eigenvalue weighted by atomic mass is 35.5. The summed E-state index contributed by atoms with van der Waals surface area (Å²) < 4.78 is 5.31. The van der Waals surface area contributed by atoms with Crippen LogP contribution in [0.5, 0.6) is 5.75 Å². The molecule has 0 aliphatic carbocycles. The van der Waals surface area contributed by atoms with E-state index in [0.717, 1.165) is 5.56 Å². The third-order valence-electron chi connectivity index (χ3n) is 3.69. The molecule has 0 aliphatic rings. The Morgan fingerprint density at radius 3 is 2.32 bits per heavy atom. The number of carboxylic acids is 1. The van der Waals surface area contributed by atoms with Crippen molar-refractivity contribution in [2.75, 3.05) is 5.43 Å². The maximum atomic E-state index is 12.1. The van der Waals surface area contributed by atoms with Gasteiger partial charge in [-0.15, -0.1) is 0 Å². The fraction of sp³-hybridized carbons (Fsp3) is 0. The van der Waals surface area contributed by atoms with E-state index in [4.69, 9.17) is 21.4 Å². The first-order valence-electron chi connectivity index (χ1n) is 8.21. The van der Waals surface area contributed by atoms with Gasteiger partial charge in [0.1, 0.15) is 5.75 Å². The van der Waals surface area contributed by atoms with Crippen LogP contribution >= 0.6 is 11.6 Å². The summed E-state index contributed by atoms with van der Waals surface area (Å²) in [5.41, 5.74) is 4.84. The molecule has 3 aromatic rings. The van der Waals surface area contributed by atoms with Crippen molar-refractivity contribution in [3.05, 3.63) is 94.5 Å². The number of ether oxygens (including phenoxy) is 1. The van der Waals surface area contributed by atoms with Gasteiger partial charge in [0.05, 0.1) is 23.0 Å². The summed E-state index contributed by atoms with van der Waals surface area (Å²) >= 11 is 5.87. The molecule has 0 atom stereocenters. The van der Waals surface area contributed by atoms with Crippen LogP contribution in [0.25, 0.3) is 0 Å². The molecule has 2 N–H and O–H groups in total. The van der Waals surface area contributed by atoms with Crippen LogP contribution in [0.15, 0.2) is 77.9 Å². The highest BCUT2D eigenvalue weighted by molar-refractivity contribution is 6.30. The molecule has 0 radical (unpaired) electrons. The topological polar surface area (TPSA) is 88.0 Å². The van der Waals surface area contributed by atoms with E-state index in [0.29, 0.717) is 22.0 Å². The Labute approximate surface area is 166 Å². The molecular formula is C21H15ClN2O4. The van der Waals surface area contributed by atoms with Crippen LogP contribution in [0.4, 0.5) is 5.69 Å². The monoisotopic (exact) mass is 394 g/mol. The number of nitrogens with zero attached hydrogens (tertiary/aromatic N) is 1. The predicted molar refractivity (Wildman–Crippen MR) is 107 cm³/mol. The number of benzene rings is 3. The first kappa shape index (κ1) is 19.1. The molecule has 0 heterocycles. The molecule has 7 heteroatoms. The van der Waals surface area contributed by atoms with Gasteiger partial charge in [0, 0.05) is 5.02 Å². The number of carboxylic acid groups (broad SMARTS) is 1. The van der Waals surface area contributed by atoms with E-state index in [-0.39, 0.29) is 5.56 Å². The summed E-state index contributed by atoms with van der Waals surface area (Å²) in [6, 6.07) is 19.6. The normalized spacial score (nSPS) is 10.6. The van der Waals surface area contributed by atoms with Crippen LogP contribution in [-0.2, 0) is 0 Å². The molecule has 0 spiro atoms. The predicted octanol–water partition coefficient (Wildman–Crippen LogP) is 4.70. The lowest BCUT2D eigenvalue weighted by Gasteiger charge is -2.05. The van der Waals surface area contributed by atoms with Gasteiger partial charge < -0.3 is 9.84 Å². The summed E-state index contributed by atoms with van der Waals surface area (Å²) in [6.07, 6.45) is 1.59. The van der Waals surface area contributed by atoms with Crippen LogP contribution in [0.3, 0.4) is 0 Å². The number of esters is 1. The number of hydrogen-bond acceptors (Lipinski definition) is 5. The molecule has 28 heavy (non-hydrogen) atoms. The second kappa shape index (κ2) is 8.83. The number of hydrogen-bond donors (Lipinski definition) is 2. The van der Waals surface area contributed by atoms with Crippen molar-refractivity contribution in [1.82, 2.24) is 0 Å². The summed E-state index contributed by atoms with van der Waals surface area (Å²) in [5.74, 6) is -1.07. The molecule has 3 rings (SSSR count). The summed E-state index contributed by atoms with van der Waals surface area (Å²) in [4.78, 5) is 22.9. The molecule has 0 bridgehead atoms. The van der Waals surface area contributed by atoms with Gasteiger partial charge in [0.15, 0.2) is 0 Å². The van der Waals surface area contributed by atoms with Gasteiger partial charge in [-0.25, -0.2) is 9.59 Å². The molecule has 3 aromatic carbocycles. The van der Waals surface area contributed by atoms with E-state index in [9.17, 15) is 9.59 Å². The Morgan fingerprint density at radius 2 is 1.68 bits per heavy atom. The lowest BCUT2D eigenvalue weighted by molar-refractivity contribution is 0.0694. The van der Waals surface area contributed by atoms with Gasteiger partial charge >= 0.3 is 11.9 Å². The van der Waals surface area contributed by atoms with Crippen molar-refractivity contribution < 1.29 is 19.4 Å². The van der Waals surface area contributed by atoms with Gasteiger partial charge in [-0.05, 0) is 72.3 Å². The average Bonchev–Trinajstić information content (AvgIpc) is 2.69. The second-order valence-electron chi connectivity index (χ2n) is 5.72. The number of carbonyl (C=O) groups is 2. The van der Waals surface area contributed by atoms with E-state index in [1.54, 1.807) is 66.9 Å². The fourth-order valence-electron chi connectivity index (χ4n) is 2.27. The molecule has 0 fully saturated rings. The van der Waals surface area contributed by atoms with Crippen molar-refractivity contribution >= 4 is 35.4 Å². The smallest absolute Gasteiger partial charge is 0.343 e. The van der Waals surface area contributed by atoms with Crippen molar-refractivity contribution in [1.29, 1.82) is 0 Å². The highest BCUT2D eigenvalue weighted by Crippen LogP contribution is 2.16. The van der Waals surface area contributed by atoms with Crippen LogP contribution in [0.1, 0.15) is 26.3 Å². The fourth-order valence-corrected chi connectivity index (χ4v) is 2.46. The quantitative estimate of drug-likeness (QED) is 0.274. The van der Waals surface area contributed by atoms with Gasteiger partial charge in [0.25, 0.3) is 0 Å². The van der Waals surface area contributed by atoms with E-state index in [1.807, 2.05) is 0 Å². The SMILES string of the molecule is O=C(O)c1ccc(NN=Cc2ccc(OC(=O)c3cccc(Cl)c3)cc2)cc1. The first-order valence-corrected chi connectivity index (χ1v) is 8.59. The zero-order valence-electron chi connectivity index (χ0n) is 14.5. The van der Waals surface area contributed by atoms with Gasteiger partial charge in [-0.1, -0.05) is 17.7 Å². The first-order chi connectivity index (χ1) is 13.5. The van der Waals surface area contributed by atoms with Gasteiger partial charge in [-0.3, -0.25) is 5.43 Å². The summed E-state index contributed by atoms with van der Waals surface area (Å²) in [5, 5.41) is 13.4. The molecule has 0 aliphatic heterocycles. The molecule has 6 nitrogen and oxygen atoms in total. The van der Waals surface area contributed by atoms with Gasteiger partial charge in [-0.2, -0.15) is 5.10 Å². The number of rotatable bonds is 6. The highest BCUT2D eigenvalue weighted by Gasteiger charge is 2.08. The van der Waals surface area contributed by atoms with Crippen LogP contribution in [0.2, 0.25) is 5.02 Å². The van der Waals surface area contributed by atoms with Crippen molar-refractivity contribution in [2.24, 2.45) is 5.10 Å². The Kier molecular flexibility index (Phi) is 6.04. The van der Waals surface area contributed by atoms with Gasteiger partial charge in [0.2, 0.25) is 0 Å². The molecule has 0 aromatic heterocycles. The largest absolute Gasteiger partial charge is 0.478 e. The summed E-state index contributed by atoms with van der Waals surface area (Å²) in [7, 11) is 0. The molecule has 140 valence electrons. The zero-order valence-corrected chi connectivity index (χ0v) is 15.3. The standard InChI is InChI=1S/C21H15ClN2O4/c22-17-3-1-2-16(12-17)21(27)28-19-10-4-14(5-11-19)13-23-24-18-8-6-15(7-9-18)20(25)26/h1-13,24H,(H,25,26). The Bertz CT molecular complexity index is 1020. The zero-order chi connectivity index (χ0) is 19.9. The number of carbonyl (C=O) groups excluding carboxylic acids is 1. The lowest BCUT2D eigenvalue weighted by Crippen LogP contribution is -2.08. The Balaban J connectivity index is 1.57. The number of nitrogens with one attached hydrogen (secondary N) is 1. The number of hydrazone groups is 1. The van der Waals surface area contributed by atoms with Crippen molar-refractivity contribution in [3.8, 4) is 5.75 Å². The average molecular weight is 395 g/mol. The van der Waals surface area contributed by atoms with Crippen LogP contribution in [-0.4, -0.2) is 23.3 Å². The van der Waals surface area contributed by atoms with E-state index < -0.39 is 11.9 Å². The van der Waals surface area contributed by atoms with E-state index in [1.165, 1.54) is 12.1 Å². The number of halogens is 1. The maximum Gasteiger partial charge on any atom is 0.343 e. The molecule has 0 unspecified atom stereocenters. The number of anilines is 1.